The van der Waals surface area contributed by atoms with Crippen LogP contribution in [-0.4, -0.2) is 23.6 Å². The van der Waals surface area contributed by atoms with Gasteiger partial charge in [0.05, 0.1) is 12.7 Å². The number of nitrogens with zero attached hydrogens (tertiary/aromatic N) is 1. The summed E-state index contributed by atoms with van der Waals surface area (Å²) in [7, 11) is 0. The van der Waals surface area contributed by atoms with Crippen LogP contribution in [0.25, 0.3) is 10.8 Å². The molecule has 192 valence electrons. The lowest BCUT2D eigenvalue weighted by atomic mass is 10.0. The van der Waals surface area contributed by atoms with Crippen LogP contribution >= 0.6 is 12.2 Å². The molecule has 0 aliphatic rings. The minimum absolute atomic E-state index is 0.0208. The van der Waals surface area contributed by atoms with Gasteiger partial charge in [-0.15, -0.1) is 0 Å². The molecule has 0 saturated heterocycles. The van der Waals surface area contributed by atoms with Crippen LogP contribution in [0.2, 0.25) is 0 Å². The second-order valence-electron chi connectivity index (χ2n) is 8.33. The minimum atomic E-state index is -0.764. The predicted molar refractivity (Wildman–Crippen MR) is 145 cm³/mol. The Morgan fingerprint density at radius 1 is 0.973 bits per heavy atom. The summed E-state index contributed by atoms with van der Waals surface area (Å²) in [5.74, 6) is 1.37. The van der Waals surface area contributed by atoms with Gasteiger partial charge >= 0.3 is 0 Å². The molecule has 1 amide bonds. The first kappa shape index (κ1) is 26.1. The molecule has 1 heterocycles. The molecular weight excluding hydrogens is 490 g/mol. The van der Waals surface area contributed by atoms with Crippen LogP contribution < -0.4 is 24.4 Å². The molecule has 0 aliphatic heterocycles. The Kier molecular flexibility index (Phi) is 9.07. The largest absolute Gasteiger partial charge is 0.490 e. The Bertz CT molecular complexity index is 1320. The molecule has 2 N–H and O–H groups in total. The van der Waals surface area contributed by atoms with Gasteiger partial charge in [0.2, 0.25) is 0 Å². The minimum Gasteiger partial charge on any atom is -0.490 e. The van der Waals surface area contributed by atoms with Gasteiger partial charge in [-0.2, -0.15) is 0 Å². The standard InChI is InChI=1S/C28H29N3O5S/c1-4-33-26-17-21(11-13-25(26)34-19(2)3)27(28(32)31-37-36-35-24-8-6-5-7-9-24)30-23-12-10-22-18-29-15-14-20(22)16-23/h5-19,27,30H,4H2,1-3H3,(H,31,32). The smallest absolute Gasteiger partial charge is 0.258 e. The number of anilines is 1. The van der Waals surface area contributed by atoms with Crippen LogP contribution in [0.3, 0.4) is 0 Å². The molecule has 3 aromatic carbocycles. The number of ether oxygens (including phenoxy) is 2. The van der Waals surface area contributed by atoms with Gasteiger partial charge in [-0.05, 0) is 74.2 Å². The molecular formula is C28H29N3O5S. The molecule has 4 aromatic rings. The zero-order chi connectivity index (χ0) is 26.0. The number of fused-ring (bicyclic) bond motifs is 1. The summed E-state index contributed by atoms with van der Waals surface area (Å²) in [4.78, 5) is 22.7. The van der Waals surface area contributed by atoms with E-state index in [0.29, 0.717) is 41.6 Å². The number of benzene rings is 3. The van der Waals surface area contributed by atoms with E-state index in [1.807, 2.05) is 81.4 Å². The lowest BCUT2D eigenvalue weighted by Crippen LogP contribution is -2.30. The molecule has 1 aromatic heterocycles. The van der Waals surface area contributed by atoms with E-state index in [1.165, 1.54) is 0 Å². The SMILES string of the molecule is CCOc1cc(C(Nc2ccc3cnccc3c2)C(=O)NSOOc2ccccc2)ccc1OC(C)C. The number of para-hydroxylation sites is 1. The first-order valence-electron chi connectivity index (χ1n) is 11.9. The second-order valence-corrected chi connectivity index (χ2v) is 8.84. The molecule has 0 saturated carbocycles. The molecule has 0 spiro atoms. The van der Waals surface area contributed by atoms with E-state index in [2.05, 4.69) is 15.0 Å². The third-order valence-corrected chi connectivity index (χ3v) is 5.65. The van der Waals surface area contributed by atoms with Crippen LogP contribution in [0.4, 0.5) is 5.69 Å². The highest BCUT2D eigenvalue weighted by Gasteiger charge is 2.23. The van der Waals surface area contributed by atoms with Crippen molar-refractivity contribution in [2.75, 3.05) is 11.9 Å². The zero-order valence-corrected chi connectivity index (χ0v) is 21.7. The zero-order valence-electron chi connectivity index (χ0n) is 20.8. The van der Waals surface area contributed by atoms with Gasteiger partial charge in [0.15, 0.2) is 29.5 Å². The molecule has 37 heavy (non-hydrogen) atoms. The third kappa shape index (κ3) is 7.28. The average molecular weight is 520 g/mol. The lowest BCUT2D eigenvalue weighted by molar-refractivity contribution is -0.121. The molecule has 0 fully saturated rings. The highest BCUT2D eigenvalue weighted by molar-refractivity contribution is 7.93. The molecule has 0 radical (unpaired) electrons. The number of hydrogen-bond acceptors (Lipinski definition) is 8. The highest BCUT2D eigenvalue weighted by atomic mass is 32.2. The Balaban J connectivity index is 1.56. The van der Waals surface area contributed by atoms with Crippen molar-refractivity contribution in [1.82, 2.24) is 9.71 Å². The second kappa shape index (κ2) is 12.8. The summed E-state index contributed by atoms with van der Waals surface area (Å²) in [5.41, 5.74) is 1.46. The molecule has 4 rings (SSSR count). The third-order valence-electron chi connectivity index (χ3n) is 5.23. The van der Waals surface area contributed by atoms with Gasteiger partial charge in [0.25, 0.3) is 5.91 Å². The Labute approximate surface area is 220 Å². The van der Waals surface area contributed by atoms with Gasteiger partial charge in [-0.3, -0.25) is 14.5 Å². The van der Waals surface area contributed by atoms with Crippen molar-refractivity contribution in [2.24, 2.45) is 0 Å². The topological polar surface area (TPSA) is 90.9 Å². The first-order valence-corrected chi connectivity index (χ1v) is 12.7. The molecule has 1 atom stereocenters. The number of pyridine rings is 1. The highest BCUT2D eigenvalue weighted by Crippen LogP contribution is 2.33. The van der Waals surface area contributed by atoms with E-state index in [0.717, 1.165) is 16.5 Å². The quantitative estimate of drug-likeness (QED) is 0.0745. The van der Waals surface area contributed by atoms with E-state index >= 15 is 0 Å². The van der Waals surface area contributed by atoms with Gasteiger partial charge < -0.3 is 19.7 Å². The summed E-state index contributed by atoms with van der Waals surface area (Å²) in [5, 5.41) is 5.34. The Morgan fingerprint density at radius 3 is 2.59 bits per heavy atom. The van der Waals surface area contributed by atoms with E-state index in [4.69, 9.17) is 18.7 Å². The van der Waals surface area contributed by atoms with E-state index in [1.54, 1.807) is 24.5 Å². The van der Waals surface area contributed by atoms with E-state index < -0.39 is 6.04 Å². The fourth-order valence-corrected chi connectivity index (χ4v) is 3.96. The molecule has 8 nitrogen and oxygen atoms in total. The van der Waals surface area contributed by atoms with Crippen LogP contribution in [0, 0.1) is 0 Å². The maximum absolute atomic E-state index is 13.3. The van der Waals surface area contributed by atoms with Crippen LogP contribution in [0.5, 0.6) is 17.2 Å². The monoisotopic (exact) mass is 519 g/mol. The number of carbonyl (C=O) groups excluding carboxylic acids is 1. The number of amides is 1. The summed E-state index contributed by atoms with van der Waals surface area (Å²) < 4.78 is 19.5. The van der Waals surface area contributed by atoms with Crippen molar-refractivity contribution in [3.63, 3.8) is 0 Å². The normalized spacial score (nSPS) is 11.7. The number of carbonyl (C=O) groups is 1. The van der Waals surface area contributed by atoms with Crippen molar-refractivity contribution in [2.45, 2.75) is 32.9 Å². The maximum atomic E-state index is 13.3. The Hall–Kier alpha value is -3.95. The molecule has 1 unspecified atom stereocenters. The van der Waals surface area contributed by atoms with Gasteiger partial charge in [0, 0.05) is 23.5 Å². The van der Waals surface area contributed by atoms with Crippen LogP contribution in [0.15, 0.2) is 85.2 Å². The van der Waals surface area contributed by atoms with Gasteiger partial charge in [-0.1, -0.05) is 34.7 Å². The van der Waals surface area contributed by atoms with Crippen molar-refractivity contribution >= 4 is 34.6 Å². The fourth-order valence-electron chi connectivity index (χ4n) is 3.61. The number of rotatable bonds is 12. The van der Waals surface area contributed by atoms with Crippen molar-refractivity contribution in [1.29, 1.82) is 0 Å². The number of hydrogen-bond donors (Lipinski definition) is 2. The van der Waals surface area contributed by atoms with Crippen molar-refractivity contribution in [3.05, 3.63) is 90.8 Å². The lowest BCUT2D eigenvalue weighted by Gasteiger charge is -2.22. The van der Waals surface area contributed by atoms with E-state index in [9.17, 15) is 4.79 Å². The van der Waals surface area contributed by atoms with Gasteiger partial charge in [-0.25, -0.2) is 0 Å². The maximum Gasteiger partial charge on any atom is 0.258 e. The summed E-state index contributed by atoms with van der Waals surface area (Å²) in [6.07, 6.45) is 3.51. The van der Waals surface area contributed by atoms with E-state index in [-0.39, 0.29) is 12.0 Å². The number of aromatic nitrogens is 1. The van der Waals surface area contributed by atoms with Crippen molar-refractivity contribution < 1.29 is 23.5 Å². The van der Waals surface area contributed by atoms with Crippen molar-refractivity contribution in [3.8, 4) is 17.2 Å². The summed E-state index contributed by atoms with van der Waals surface area (Å²) in [6.45, 7) is 6.26. The first-order chi connectivity index (χ1) is 18.0. The van der Waals surface area contributed by atoms with Crippen LogP contribution in [0.1, 0.15) is 32.4 Å². The van der Waals surface area contributed by atoms with Gasteiger partial charge in [0.1, 0.15) is 6.04 Å². The molecule has 9 heteroatoms. The Morgan fingerprint density at radius 2 is 1.81 bits per heavy atom. The number of nitrogens with one attached hydrogen (secondary N) is 2. The fraction of sp³-hybridized carbons (Fsp3) is 0.214. The molecule has 0 aliphatic carbocycles. The van der Waals surface area contributed by atoms with Crippen LogP contribution in [-0.2, 0) is 9.13 Å². The molecule has 0 bridgehead atoms. The average Bonchev–Trinajstić information content (AvgIpc) is 2.91. The predicted octanol–water partition coefficient (Wildman–Crippen LogP) is 6.26. The summed E-state index contributed by atoms with van der Waals surface area (Å²) in [6, 6.07) is 21.5. The summed E-state index contributed by atoms with van der Waals surface area (Å²) >= 11 is 0.692.